The van der Waals surface area contributed by atoms with E-state index in [0.29, 0.717) is 11.4 Å². The van der Waals surface area contributed by atoms with Gasteiger partial charge in [0.15, 0.2) is 6.61 Å². The fraction of sp³-hybridized carbons (Fsp3) is 0.188. The molecule has 3 N–H and O–H groups in total. The van der Waals surface area contributed by atoms with E-state index in [2.05, 4.69) is 21.2 Å². The molecule has 1 heterocycles. The Balaban J connectivity index is 1.98. The quantitative estimate of drug-likeness (QED) is 0.877. The Labute approximate surface area is 131 Å². The first-order valence-corrected chi connectivity index (χ1v) is 7.42. The van der Waals surface area contributed by atoms with E-state index in [4.69, 9.17) is 10.5 Å². The molecule has 1 amide bonds. The SMILES string of the molecule is Cc1ccc(Br)cc1C(N)c1ccc2c(c1)NC(=O)CO2. The Morgan fingerprint density at radius 1 is 1.29 bits per heavy atom. The number of amides is 1. The third-order valence-electron chi connectivity index (χ3n) is 3.57. The molecule has 108 valence electrons. The second-order valence-corrected chi connectivity index (χ2v) is 5.99. The number of carbonyl (C=O) groups excluding carboxylic acids is 1. The number of nitrogens with two attached hydrogens (primary N) is 1. The van der Waals surface area contributed by atoms with Crippen LogP contribution in [-0.4, -0.2) is 12.5 Å². The van der Waals surface area contributed by atoms with E-state index >= 15 is 0 Å². The maximum atomic E-state index is 11.4. The molecule has 1 aliphatic rings. The molecular formula is C16H15BrN2O2. The van der Waals surface area contributed by atoms with Crippen molar-refractivity contribution in [3.8, 4) is 5.75 Å². The number of aryl methyl sites for hydroxylation is 1. The number of halogens is 1. The zero-order chi connectivity index (χ0) is 15.0. The molecule has 0 saturated carbocycles. The number of nitrogens with one attached hydrogen (secondary N) is 1. The number of hydrogen-bond acceptors (Lipinski definition) is 3. The van der Waals surface area contributed by atoms with Gasteiger partial charge in [-0.15, -0.1) is 0 Å². The van der Waals surface area contributed by atoms with Crippen LogP contribution in [0.25, 0.3) is 0 Å². The van der Waals surface area contributed by atoms with Crippen LogP contribution in [0.3, 0.4) is 0 Å². The van der Waals surface area contributed by atoms with Crippen molar-refractivity contribution in [2.45, 2.75) is 13.0 Å². The third kappa shape index (κ3) is 2.80. The minimum atomic E-state index is -0.258. The van der Waals surface area contributed by atoms with Gasteiger partial charge in [-0.05, 0) is 47.9 Å². The first kappa shape index (κ1) is 14.1. The number of anilines is 1. The van der Waals surface area contributed by atoms with Crippen molar-refractivity contribution in [1.29, 1.82) is 0 Å². The predicted molar refractivity (Wildman–Crippen MR) is 85.5 cm³/mol. The molecule has 2 aromatic rings. The van der Waals surface area contributed by atoms with Gasteiger partial charge in [0.25, 0.3) is 5.91 Å². The van der Waals surface area contributed by atoms with Gasteiger partial charge in [-0.3, -0.25) is 4.79 Å². The summed E-state index contributed by atoms with van der Waals surface area (Å²) in [5.74, 6) is 0.531. The molecule has 0 aromatic heterocycles. The van der Waals surface area contributed by atoms with Crippen molar-refractivity contribution in [1.82, 2.24) is 0 Å². The molecule has 0 saturated heterocycles. The molecule has 1 aliphatic heterocycles. The van der Waals surface area contributed by atoms with Crippen LogP contribution >= 0.6 is 15.9 Å². The Morgan fingerprint density at radius 2 is 2.10 bits per heavy atom. The average Bonchev–Trinajstić information content (AvgIpc) is 2.48. The van der Waals surface area contributed by atoms with Crippen LogP contribution in [0.5, 0.6) is 5.75 Å². The summed E-state index contributed by atoms with van der Waals surface area (Å²) in [6.45, 7) is 2.09. The molecule has 0 fully saturated rings. The van der Waals surface area contributed by atoms with Gasteiger partial charge in [-0.1, -0.05) is 28.1 Å². The van der Waals surface area contributed by atoms with E-state index in [-0.39, 0.29) is 18.6 Å². The first-order valence-electron chi connectivity index (χ1n) is 6.63. The van der Waals surface area contributed by atoms with E-state index in [1.807, 2.05) is 43.3 Å². The Bertz CT molecular complexity index is 715. The normalized spacial score (nSPS) is 14.9. The molecule has 2 aromatic carbocycles. The Hall–Kier alpha value is -1.85. The smallest absolute Gasteiger partial charge is 0.262 e. The lowest BCUT2D eigenvalue weighted by Gasteiger charge is -2.21. The van der Waals surface area contributed by atoms with Gasteiger partial charge in [0.2, 0.25) is 0 Å². The largest absolute Gasteiger partial charge is 0.482 e. The van der Waals surface area contributed by atoms with E-state index in [9.17, 15) is 4.79 Å². The van der Waals surface area contributed by atoms with Gasteiger partial charge < -0.3 is 15.8 Å². The van der Waals surface area contributed by atoms with E-state index < -0.39 is 0 Å². The molecule has 0 aliphatic carbocycles. The molecule has 21 heavy (non-hydrogen) atoms. The summed E-state index contributed by atoms with van der Waals surface area (Å²) in [5, 5.41) is 2.80. The van der Waals surface area contributed by atoms with Gasteiger partial charge in [-0.2, -0.15) is 0 Å². The highest BCUT2D eigenvalue weighted by atomic mass is 79.9. The number of carbonyl (C=O) groups is 1. The van der Waals surface area contributed by atoms with Crippen LogP contribution in [0.1, 0.15) is 22.7 Å². The van der Waals surface area contributed by atoms with Gasteiger partial charge in [0.05, 0.1) is 11.7 Å². The van der Waals surface area contributed by atoms with Crippen LogP contribution < -0.4 is 15.8 Å². The summed E-state index contributed by atoms with van der Waals surface area (Å²) in [6, 6.07) is 11.4. The molecule has 3 rings (SSSR count). The Kier molecular flexibility index (Phi) is 3.69. The van der Waals surface area contributed by atoms with Gasteiger partial charge in [-0.25, -0.2) is 0 Å². The zero-order valence-electron chi connectivity index (χ0n) is 11.5. The van der Waals surface area contributed by atoms with Crippen LogP contribution in [0.4, 0.5) is 5.69 Å². The van der Waals surface area contributed by atoms with Crippen LogP contribution in [0.2, 0.25) is 0 Å². The van der Waals surface area contributed by atoms with E-state index in [1.165, 1.54) is 0 Å². The summed E-state index contributed by atoms with van der Waals surface area (Å²) >= 11 is 3.47. The first-order chi connectivity index (χ1) is 10.0. The fourth-order valence-corrected chi connectivity index (χ4v) is 2.80. The number of benzene rings is 2. The minimum absolute atomic E-state index is 0.0587. The minimum Gasteiger partial charge on any atom is -0.482 e. The predicted octanol–water partition coefficient (Wildman–Crippen LogP) is 3.14. The standard InChI is InChI=1S/C16H15BrN2O2/c1-9-2-4-11(17)7-12(9)16(18)10-3-5-14-13(6-10)19-15(20)8-21-14/h2-7,16H,8,18H2,1H3,(H,19,20). The lowest BCUT2D eigenvalue weighted by Crippen LogP contribution is -2.25. The van der Waals surface area contributed by atoms with Crippen LogP contribution in [-0.2, 0) is 4.79 Å². The summed E-state index contributed by atoms with van der Waals surface area (Å²) in [5.41, 5.74) is 10.2. The highest BCUT2D eigenvalue weighted by Gasteiger charge is 2.19. The summed E-state index contributed by atoms with van der Waals surface area (Å²) < 4.78 is 6.35. The lowest BCUT2D eigenvalue weighted by molar-refractivity contribution is -0.118. The van der Waals surface area contributed by atoms with Crippen molar-refractivity contribution in [3.63, 3.8) is 0 Å². The van der Waals surface area contributed by atoms with Crippen molar-refractivity contribution in [2.75, 3.05) is 11.9 Å². The number of fused-ring (bicyclic) bond motifs is 1. The monoisotopic (exact) mass is 346 g/mol. The van der Waals surface area contributed by atoms with Crippen molar-refractivity contribution >= 4 is 27.5 Å². The number of rotatable bonds is 2. The molecule has 0 spiro atoms. The topological polar surface area (TPSA) is 64.3 Å². The van der Waals surface area contributed by atoms with Crippen LogP contribution in [0.15, 0.2) is 40.9 Å². The maximum absolute atomic E-state index is 11.4. The third-order valence-corrected chi connectivity index (χ3v) is 4.07. The van der Waals surface area contributed by atoms with E-state index in [1.54, 1.807) is 0 Å². The highest BCUT2D eigenvalue weighted by molar-refractivity contribution is 9.10. The highest BCUT2D eigenvalue weighted by Crippen LogP contribution is 2.33. The molecule has 4 nitrogen and oxygen atoms in total. The summed E-state index contributed by atoms with van der Waals surface area (Å²) in [4.78, 5) is 11.4. The number of ether oxygens (including phenoxy) is 1. The van der Waals surface area contributed by atoms with Gasteiger partial charge >= 0.3 is 0 Å². The zero-order valence-corrected chi connectivity index (χ0v) is 13.1. The fourth-order valence-electron chi connectivity index (χ4n) is 2.42. The summed E-state index contributed by atoms with van der Waals surface area (Å²) in [6.07, 6.45) is 0. The molecule has 1 unspecified atom stereocenters. The van der Waals surface area contributed by atoms with E-state index in [0.717, 1.165) is 21.2 Å². The molecule has 0 bridgehead atoms. The second-order valence-electron chi connectivity index (χ2n) is 5.07. The molecule has 1 atom stereocenters. The average molecular weight is 347 g/mol. The molecule has 0 radical (unpaired) electrons. The number of hydrogen-bond donors (Lipinski definition) is 2. The van der Waals surface area contributed by atoms with Crippen molar-refractivity contribution < 1.29 is 9.53 Å². The maximum Gasteiger partial charge on any atom is 0.262 e. The summed E-state index contributed by atoms with van der Waals surface area (Å²) in [7, 11) is 0. The molecular weight excluding hydrogens is 332 g/mol. The lowest BCUT2D eigenvalue weighted by atomic mass is 9.95. The van der Waals surface area contributed by atoms with Crippen molar-refractivity contribution in [3.05, 3.63) is 57.6 Å². The van der Waals surface area contributed by atoms with Crippen LogP contribution in [0, 0.1) is 6.92 Å². The second kappa shape index (κ2) is 5.50. The van der Waals surface area contributed by atoms with Gasteiger partial charge in [0.1, 0.15) is 5.75 Å². The van der Waals surface area contributed by atoms with Crippen molar-refractivity contribution in [2.24, 2.45) is 5.73 Å². The molecule has 5 heteroatoms. The van der Waals surface area contributed by atoms with Gasteiger partial charge in [0, 0.05) is 4.47 Å². The Morgan fingerprint density at radius 3 is 2.90 bits per heavy atom.